The second-order valence-corrected chi connectivity index (χ2v) is 3.91. The zero-order chi connectivity index (χ0) is 12.7. The Kier molecular flexibility index (Phi) is 5.44. The summed E-state index contributed by atoms with van der Waals surface area (Å²) in [4.78, 5) is 4.26. The quantitative estimate of drug-likeness (QED) is 0.585. The normalized spacial score (nSPS) is 9.94. The van der Waals surface area contributed by atoms with Crippen LogP contribution in [0.4, 0.5) is 0 Å². The van der Waals surface area contributed by atoms with E-state index < -0.39 is 6.29 Å². The van der Waals surface area contributed by atoms with E-state index in [2.05, 4.69) is 4.98 Å². The van der Waals surface area contributed by atoms with Crippen LogP contribution in [0.15, 0.2) is 17.2 Å². The maximum Gasteiger partial charge on any atom is 0.200 e. The first-order valence-corrected chi connectivity index (χ1v) is 5.71. The van der Waals surface area contributed by atoms with Gasteiger partial charge in [-0.15, -0.1) is 0 Å². The second-order valence-electron chi connectivity index (χ2n) is 2.95. The van der Waals surface area contributed by atoms with Crippen LogP contribution in [0.25, 0.3) is 0 Å². The van der Waals surface area contributed by atoms with Gasteiger partial charge in [0.25, 0.3) is 0 Å². The average Bonchev–Trinajstić information content (AvgIpc) is 2.38. The molecule has 0 N–H and O–H groups in total. The Morgan fingerprint density at radius 3 is 2.59 bits per heavy atom. The molecule has 0 aromatic carbocycles. The minimum atomic E-state index is -0.566. The van der Waals surface area contributed by atoms with Crippen molar-refractivity contribution < 1.29 is 9.47 Å². The van der Waals surface area contributed by atoms with Crippen LogP contribution in [0.3, 0.4) is 0 Å². The number of ether oxygens (including phenoxy) is 2. The molecular formula is C11H11N3O2S. The third-order valence-corrected chi connectivity index (χ3v) is 2.80. The second kappa shape index (κ2) is 6.87. The SMILES string of the molecule is COC(OC)c1ccc(C#N)c(SCC#N)n1. The van der Waals surface area contributed by atoms with Crippen molar-refractivity contribution in [3.05, 3.63) is 23.4 Å². The lowest BCUT2D eigenvalue weighted by Gasteiger charge is -2.13. The summed E-state index contributed by atoms with van der Waals surface area (Å²) < 4.78 is 10.2. The van der Waals surface area contributed by atoms with Crippen molar-refractivity contribution >= 4 is 11.8 Å². The molecule has 0 bridgehead atoms. The minimum Gasteiger partial charge on any atom is -0.350 e. The maximum absolute atomic E-state index is 8.91. The van der Waals surface area contributed by atoms with Crippen LogP contribution in [0.2, 0.25) is 0 Å². The van der Waals surface area contributed by atoms with Crippen LogP contribution < -0.4 is 0 Å². The van der Waals surface area contributed by atoms with Gasteiger partial charge in [-0.05, 0) is 12.1 Å². The Morgan fingerprint density at radius 1 is 1.35 bits per heavy atom. The lowest BCUT2D eigenvalue weighted by atomic mass is 10.2. The molecule has 1 heterocycles. The van der Waals surface area contributed by atoms with Gasteiger partial charge in [0.05, 0.1) is 23.1 Å². The van der Waals surface area contributed by atoms with E-state index in [1.54, 1.807) is 12.1 Å². The topological polar surface area (TPSA) is 78.9 Å². The maximum atomic E-state index is 8.91. The average molecular weight is 249 g/mol. The summed E-state index contributed by atoms with van der Waals surface area (Å²) in [5, 5.41) is 18.0. The monoisotopic (exact) mass is 249 g/mol. The number of nitrogens with zero attached hydrogens (tertiary/aromatic N) is 3. The molecule has 1 rings (SSSR count). The lowest BCUT2D eigenvalue weighted by molar-refractivity contribution is -0.108. The largest absolute Gasteiger partial charge is 0.350 e. The number of nitriles is 2. The van der Waals surface area contributed by atoms with Crippen LogP contribution in [0, 0.1) is 22.7 Å². The molecule has 0 atom stereocenters. The molecular weight excluding hydrogens is 238 g/mol. The summed E-state index contributed by atoms with van der Waals surface area (Å²) >= 11 is 1.22. The van der Waals surface area contributed by atoms with Crippen LogP contribution in [-0.2, 0) is 9.47 Å². The van der Waals surface area contributed by atoms with Crippen molar-refractivity contribution in [2.75, 3.05) is 20.0 Å². The first kappa shape index (κ1) is 13.5. The Morgan fingerprint density at radius 2 is 2.06 bits per heavy atom. The van der Waals surface area contributed by atoms with Crippen molar-refractivity contribution in [2.24, 2.45) is 0 Å². The van der Waals surface area contributed by atoms with E-state index in [1.165, 1.54) is 26.0 Å². The number of aromatic nitrogens is 1. The molecule has 88 valence electrons. The van der Waals surface area contributed by atoms with E-state index in [4.69, 9.17) is 20.0 Å². The van der Waals surface area contributed by atoms with E-state index in [9.17, 15) is 0 Å². The molecule has 0 saturated carbocycles. The van der Waals surface area contributed by atoms with Crippen molar-refractivity contribution in [3.8, 4) is 12.1 Å². The zero-order valence-corrected chi connectivity index (χ0v) is 10.3. The fourth-order valence-corrected chi connectivity index (χ4v) is 1.86. The fourth-order valence-electron chi connectivity index (χ4n) is 1.22. The van der Waals surface area contributed by atoms with Gasteiger partial charge >= 0.3 is 0 Å². The van der Waals surface area contributed by atoms with Crippen molar-refractivity contribution in [2.45, 2.75) is 11.3 Å². The standard InChI is InChI=1S/C11H11N3O2S/c1-15-11(16-2)9-4-3-8(7-13)10(14-9)17-6-5-12/h3-4,11H,6H2,1-2H3. The Bertz CT molecular complexity index is 461. The van der Waals surface area contributed by atoms with E-state index in [0.29, 0.717) is 16.3 Å². The molecule has 0 amide bonds. The molecule has 0 spiro atoms. The lowest BCUT2D eigenvalue weighted by Crippen LogP contribution is -2.07. The summed E-state index contributed by atoms with van der Waals surface area (Å²) in [6, 6.07) is 7.35. The number of rotatable bonds is 5. The minimum absolute atomic E-state index is 0.246. The first-order chi connectivity index (χ1) is 8.26. The molecule has 0 saturated heterocycles. The summed E-state index contributed by atoms with van der Waals surface area (Å²) in [5.41, 5.74) is 1.02. The molecule has 1 aromatic heterocycles. The van der Waals surface area contributed by atoms with Crippen LogP contribution >= 0.6 is 11.8 Å². The van der Waals surface area contributed by atoms with Gasteiger partial charge in [-0.1, -0.05) is 11.8 Å². The Balaban J connectivity index is 3.05. The Labute approximate surface area is 104 Å². The molecule has 0 aliphatic heterocycles. The predicted octanol–water partition coefficient (Wildman–Crippen LogP) is 1.86. The number of methoxy groups -OCH3 is 2. The molecule has 0 aliphatic rings. The highest BCUT2D eigenvalue weighted by Crippen LogP contribution is 2.23. The molecule has 0 radical (unpaired) electrons. The van der Waals surface area contributed by atoms with Crippen molar-refractivity contribution in [1.82, 2.24) is 4.98 Å². The summed E-state index contributed by atoms with van der Waals surface area (Å²) in [6.07, 6.45) is -0.566. The third-order valence-electron chi connectivity index (χ3n) is 1.95. The number of thioether (sulfide) groups is 1. The van der Waals surface area contributed by atoms with Gasteiger partial charge in [-0.2, -0.15) is 10.5 Å². The predicted molar refractivity (Wildman–Crippen MR) is 62.0 cm³/mol. The van der Waals surface area contributed by atoms with Crippen LogP contribution in [0.5, 0.6) is 0 Å². The van der Waals surface area contributed by atoms with Gasteiger partial charge in [-0.3, -0.25) is 0 Å². The fraction of sp³-hybridized carbons (Fsp3) is 0.364. The zero-order valence-electron chi connectivity index (χ0n) is 9.51. The molecule has 6 heteroatoms. The summed E-state index contributed by atoms with van der Waals surface area (Å²) in [6.45, 7) is 0. The smallest absolute Gasteiger partial charge is 0.200 e. The molecule has 0 unspecified atom stereocenters. The first-order valence-electron chi connectivity index (χ1n) is 4.73. The molecule has 5 nitrogen and oxygen atoms in total. The van der Waals surface area contributed by atoms with E-state index in [-0.39, 0.29) is 5.75 Å². The van der Waals surface area contributed by atoms with Gasteiger partial charge in [0.15, 0.2) is 0 Å². The number of pyridine rings is 1. The van der Waals surface area contributed by atoms with E-state index in [1.807, 2.05) is 12.1 Å². The van der Waals surface area contributed by atoms with Gasteiger partial charge < -0.3 is 9.47 Å². The van der Waals surface area contributed by atoms with Crippen molar-refractivity contribution in [1.29, 1.82) is 10.5 Å². The van der Waals surface area contributed by atoms with Crippen LogP contribution in [-0.4, -0.2) is 25.0 Å². The highest BCUT2D eigenvalue weighted by atomic mass is 32.2. The number of hydrogen-bond acceptors (Lipinski definition) is 6. The Hall–Kier alpha value is -1.60. The molecule has 17 heavy (non-hydrogen) atoms. The summed E-state index contributed by atoms with van der Waals surface area (Å²) in [5.74, 6) is 0.246. The number of hydrogen-bond donors (Lipinski definition) is 0. The highest BCUT2D eigenvalue weighted by molar-refractivity contribution is 7.99. The van der Waals surface area contributed by atoms with Crippen molar-refractivity contribution in [3.63, 3.8) is 0 Å². The van der Waals surface area contributed by atoms with Gasteiger partial charge in [0.1, 0.15) is 11.1 Å². The van der Waals surface area contributed by atoms with Crippen LogP contribution in [0.1, 0.15) is 17.5 Å². The molecule has 0 aliphatic carbocycles. The van der Waals surface area contributed by atoms with Gasteiger partial charge in [0.2, 0.25) is 6.29 Å². The molecule has 0 fully saturated rings. The van der Waals surface area contributed by atoms with Gasteiger partial charge in [-0.25, -0.2) is 4.98 Å². The van der Waals surface area contributed by atoms with Gasteiger partial charge in [0, 0.05) is 14.2 Å². The van der Waals surface area contributed by atoms with E-state index >= 15 is 0 Å². The third kappa shape index (κ3) is 3.43. The molecule has 1 aromatic rings. The highest BCUT2D eigenvalue weighted by Gasteiger charge is 2.13. The van der Waals surface area contributed by atoms with E-state index in [0.717, 1.165) is 0 Å². The summed E-state index contributed by atoms with van der Waals surface area (Å²) in [7, 11) is 3.02.